The van der Waals surface area contributed by atoms with E-state index in [-0.39, 0.29) is 12.0 Å². The first-order valence-electron chi connectivity index (χ1n) is 8.19. The Morgan fingerprint density at radius 1 is 1.28 bits per heavy atom. The summed E-state index contributed by atoms with van der Waals surface area (Å²) in [5, 5.41) is 1.62. The van der Waals surface area contributed by atoms with E-state index in [4.69, 9.17) is 16.3 Å². The number of pyridine rings is 1. The van der Waals surface area contributed by atoms with Gasteiger partial charge in [-0.15, -0.1) is 0 Å². The summed E-state index contributed by atoms with van der Waals surface area (Å²) >= 11 is 6.04. The van der Waals surface area contributed by atoms with Crippen LogP contribution in [0.1, 0.15) is 5.56 Å². The number of fused-ring (bicyclic) bond motifs is 1. The van der Waals surface area contributed by atoms with E-state index in [2.05, 4.69) is 21.7 Å². The minimum atomic E-state index is -0.0520. The van der Waals surface area contributed by atoms with Gasteiger partial charge in [-0.1, -0.05) is 29.8 Å². The summed E-state index contributed by atoms with van der Waals surface area (Å²) < 4.78 is 7.80. The van der Waals surface area contributed by atoms with Gasteiger partial charge in [-0.3, -0.25) is 4.79 Å². The Morgan fingerprint density at radius 3 is 2.88 bits per heavy atom. The van der Waals surface area contributed by atoms with Crippen LogP contribution < -0.4 is 4.74 Å². The Morgan fingerprint density at radius 2 is 2.08 bits per heavy atom. The van der Waals surface area contributed by atoms with E-state index in [1.807, 2.05) is 30.3 Å². The summed E-state index contributed by atoms with van der Waals surface area (Å²) in [4.78, 5) is 18.5. The number of ether oxygens (including phenoxy) is 1. The molecule has 0 spiro atoms. The number of benzene rings is 1. The summed E-state index contributed by atoms with van der Waals surface area (Å²) in [6.45, 7) is 1.13. The molecular formula is C19H18ClN3O2. The van der Waals surface area contributed by atoms with Gasteiger partial charge >= 0.3 is 0 Å². The number of para-hydroxylation sites is 1. The highest BCUT2D eigenvalue weighted by Gasteiger charge is 2.33. The van der Waals surface area contributed by atoms with Crippen LogP contribution in [0, 0.1) is 0 Å². The molecule has 128 valence electrons. The zero-order chi connectivity index (χ0) is 17.4. The van der Waals surface area contributed by atoms with Crippen molar-refractivity contribution in [3.05, 3.63) is 59.4 Å². The number of carbonyl (C=O) groups excluding carboxylic acids is 1. The SMILES string of the molecule is Cn1cc(CC(=O)N2CC(Oc3ncccc3Cl)C2)c2ccccc21. The molecular weight excluding hydrogens is 338 g/mol. The lowest BCUT2D eigenvalue weighted by atomic mass is 10.1. The van der Waals surface area contributed by atoms with Crippen LogP contribution in [0.3, 0.4) is 0 Å². The Kier molecular flexibility index (Phi) is 4.09. The predicted molar refractivity (Wildman–Crippen MR) is 96.9 cm³/mol. The van der Waals surface area contributed by atoms with Crippen molar-refractivity contribution in [3.63, 3.8) is 0 Å². The average molecular weight is 356 g/mol. The third-order valence-electron chi connectivity index (χ3n) is 4.52. The summed E-state index contributed by atoms with van der Waals surface area (Å²) in [6.07, 6.45) is 4.02. The number of amides is 1. The van der Waals surface area contributed by atoms with Crippen molar-refractivity contribution in [3.8, 4) is 5.88 Å². The van der Waals surface area contributed by atoms with Crippen LogP contribution in [0.15, 0.2) is 48.8 Å². The Labute approximate surface area is 150 Å². The topological polar surface area (TPSA) is 47.4 Å². The molecule has 0 saturated carbocycles. The number of aryl methyl sites for hydroxylation is 1. The highest BCUT2D eigenvalue weighted by Crippen LogP contribution is 2.25. The van der Waals surface area contributed by atoms with E-state index in [9.17, 15) is 4.79 Å². The number of aromatic nitrogens is 2. The normalized spacial score (nSPS) is 14.6. The monoisotopic (exact) mass is 355 g/mol. The molecule has 6 heteroatoms. The fraction of sp³-hybridized carbons (Fsp3) is 0.263. The summed E-state index contributed by atoms with van der Waals surface area (Å²) in [6, 6.07) is 11.6. The maximum Gasteiger partial charge on any atom is 0.232 e. The lowest BCUT2D eigenvalue weighted by Crippen LogP contribution is -2.56. The van der Waals surface area contributed by atoms with Crippen LogP contribution in [0.2, 0.25) is 5.02 Å². The van der Waals surface area contributed by atoms with E-state index < -0.39 is 0 Å². The fourth-order valence-electron chi connectivity index (χ4n) is 3.17. The van der Waals surface area contributed by atoms with Gasteiger partial charge in [0, 0.05) is 30.3 Å². The van der Waals surface area contributed by atoms with Crippen molar-refractivity contribution in [1.82, 2.24) is 14.5 Å². The van der Waals surface area contributed by atoms with Gasteiger partial charge in [0.25, 0.3) is 0 Å². The molecule has 2 aromatic heterocycles. The molecule has 0 atom stereocenters. The molecule has 1 aromatic carbocycles. The maximum absolute atomic E-state index is 12.5. The van der Waals surface area contributed by atoms with Gasteiger partial charge < -0.3 is 14.2 Å². The summed E-state index contributed by atoms with van der Waals surface area (Å²) in [5.41, 5.74) is 2.19. The molecule has 3 aromatic rings. The van der Waals surface area contributed by atoms with E-state index in [0.717, 1.165) is 16.5 Å². The van der Waals surface area contributed by atoms with Gasteiger partial charge in [0.15, 0.2) is 0 Å². The number of halogens is 1. The van der Waals surface area contributed by atoms with Crippen molar-refractivity contribution in [2.75, 3.05) is 13.1 Å². The predicted octanol–water partition coefficient (Wildman–Crippen LogP) is 3.06. The van der Waals surface area contributed by atoms with Crippen molar-refractivity contribution < 1.29 is 9.53 Å². The Hall–Kier alpha value is -2.53. The van der Waals surface area contributed by atoms with E-state index in [1.165, 1.54) is 0 Å². The number of carbonyl (C=O) groups is 1. The van der Waals surface area contributed by atoms with Gasteiger partial charge in [-0.2, -0.15) is 0 Å². The molecule has 1 saturated heterocycles. The van der Waals surface area contributed by atoms with E-state index in [0.29, 0.717) is 30.4 Å². The van der Waals surface area contributed by atoms with Crippen LogP contribution in [-0.4, -0.2) is 39.6 Å². The zero-order valence-corrected chi connectivity index (χ0v) is 14.6. The molecule has 1 fully saturated rings. The largest absolute Gasteiger partial charge is 0.470 e. The second-order valence-electron chi connectivity index (χ2n) is 6.29. The van der Waals surface area contributed by atoms with Crippen LogP contribution in [-0.2, 0) is 18.3 Å². The van der Waals surface area contributed by atoms with E-state index in [1.54, 1.807) is 18.3 Å². The second-order valence-corrected chi connectivity index (χ2v) is 6.70. The molecule has 0 bridgehead atoms. The molecule has 0 radical (unpaired) electrons. The number of hydrogen-bond donors (Lipinski definition) is 0. The third-order valence-corrected chi connectivity index (χ3v) is 4.81. The Bertz CT molecular complexity index is 931. The zero-order valence-electron chi connectivity index (χ0n) is 13.9. The van der Waals surface area contributed by atoms with Gasteiger partial charge in [-0.05, 0) is 23.8 Å². The molecule has 1 aliphatic heterocycles. The van der Waals surface area contributed by atoms with Crippen LogP contribution in [0.4, 0.5) is 0 Å². The second kappa shape index (κ2) is 6.41. The maximum atomic E-state index is 12.5. The lowest BCUT2D eigenvalue weighted by Gasteiger charge is -2.38. The molecule has 1 amide bonds. The fourth-order valence-corrected chi connectivity index (χ4v) is 3.34. The minimum Gasteiger partial charge on any atom is -0.470 e. The van der Waals surface area contributed by atoms with E-state index >= 15 is 0 Å². The molecule has 25 heavy (non-hydrogen) atoms. The van der Waals surface area contributed by atoms with Crippen LogP contribution in [0.25, 0.3) is 10.9 Å². The molecule has 0 unspecified atom stereocenters. The average Bonchev–Trinajstić information content (AvgIpc) is 2.88. The van der Waals surface area contributed by atoms with Crippen molar-refractivity contribution in [2.45, 2.75) is 12.5 Å². The number of likely N-dealkylation sites (tertiary alicyclic amines) is 1. The number of nitrogens with zero attached hydrogens (tertiary/aromatic N) is 3. The summed E-state index contributed by atoms with van der Waals surface area (Å²) in [7, 11) is 2.00. The smallest absolute Gasteiger partial charge is 0.232 e. The first kappa shape index (κ1) is 16.0. The van der Waals surface area contributed by atoms with Crippen molar-refractivity contribution in [1.29, 1.82) is 0 Å². The van der Waals surface area contributed by atoms with Gasteiger partial charge in [-0.25, -0.2) is 4.98 Å². The molecule has 1 aliphatic rings. The standard InChI is InChI=1S/C19H18ClN3O2/c1-22-10-13(15-5-2-3-7-17(15)22)9-18(24)23-11-14(12-23)25-19-16(20)6-4-8-21-19/h2-8,10,14H,9,11-12H2,1H3. The number of rotatable bonds is 4. The third kappa shape index (κ3) is 3.07. The molecule has 3 heterocycles. The first-order valence-corrected chi connectivity index (χ1v) is 8.57. The highest BCUT2D eigenvalue weighted by atomic mass is 35.5. The van der Waals surface area contributed by atoms with Gasteiger partial charge in [0.2, 0.25) is 11.8 Å². The molecule has 0 N–H and O–H groups in total. The Balaban J connectivity index is 1.38. The van der Waals surface area contributed by atoms with Crippen molar-refractivity contribution >= 4 is 28.4 Å². The molecule has 4 rings (SSSR count). The highest BCUT2D eigenvalue weighted by molar-refractivity contribution is 6.31. The van der Waals surface area contributed by atoms with Gasteiger partial charge in [0.05, 0.1) is 19.5 Å². The van der Waals surface area contributed by atoms with Crippen LogP contribution >= 0.6 is 11.6 Å². The van der Waals surface area contributed by atoms with Crippen LogP contribution in [0.5, 0.6) is 5.88 Å². The molecule has 0 aliphatic carbocycles. The summed E-state index contributed by atoms with van der Waals surface area (Å²) in [5.74, 6) is 0.540. The van der Waals surface area contributed by atoms with Gasteiger partial charge in [0.1, 0.15) is 11.1 Å². The first-order chi connectivity index (χ1) is 12.1. The minimum absolute atomic E-state index is 0.0520. The number of hydrogen-bond acceptors (Lipinski definition) is 3. The van der Waals surface area contributed by atoms with Crippen molar-refractivity contribution in [2.24, 2.45) is 7.05 Å². The lowest BCUT2D eigenvalue weighted by molar-refractivity contribution is -0.139. The quantitative estimate of drug-likeness (QED) is 0.722. The molecule has 5 nitrogen and oxygen atoms in total.